The van der Waals surface area contributed by atoms with Crippen molar-refractivity contribution in [3.8, 4) is 0 Å². The van der Waals surface area contributed by atoms with E-state index in [2.05, 4.69) is 55.6 Å². The number of carboxylic acid groups (broad SMARTS) is 1. The summed E-state index contributed by atoms with van der Waals surface area (Å²) in [5.41, 5.74) is 5.49. The van der Waals surface area contributed by atoms with E-state index in [-0.39, 0.29) is 18.0 Å². The molecule has 338 valence electrons. The second-order valence-corrected chi connectivity index (χ2v) is 16.9. The minimum atomic E-state index is -1.01. The number of esters is 1. The quantitative estimate of drug-likeness (QED) is 0.0320. The maximum absolute atomic E-state index is 12.8. The number of allylic oxidation sites excluding steroid dienone is 5. The lowest BCUT2D eigenvalue weighted by Gasteiger charge is -2.15. The summed E-state index contributed by atoms with van der Waals surface area (Å²) in [5.74, 6) is -1.31. The van der Waals surface area contributed by atoms with Gasteiger partial charge >= 0.3 is 11.9 Å². The maximum atomic E-state index is 12.8. The Labute approximate surface area is 358 Å². The van der Waals surface area contributed by atoms with Crippen LogP contribution < -0.4 is 11.1 Å². The van der Waals surface area contributed by atoms with Crippen LogP contribution in [0.3, 0.4) is 0 Å². The molecule has 0 aromatic rings. The Kier molecular flexibility index (Phi) is 43.8. The summed E-state index contributed by atoms with van der Waals surface area (Å²) in [6.45, 7) is 4.93. The van der Waals surface area contributed by atoms with Gasteiger partial charge in [-0.3, -0.25) is 9.59 Å². The van der Waals surface area contributed by atoms with E-state index < -0.39 is 12.0 Å². The van der Waals surface area contributed by atoms with E-state index in [0.717, 1.165) is 70.6 Å². The highest BCUT2D eigenvalue weighted by molar-refractivity contribution is 5.83. The molecule has 0 aromatic heterocycles. The average Bonchev–Trinajstić information content (AvgIpc) is 3.21. The van der Waals surface area contributed by atoms with Gasteiger partial charge in [0.2, 0.25) is 5.91 Å². The smallest absolute Gasteiger partial charge is 0.326 e. The lowest BCUT2D eigenvalue weighted by Crippen LogP contribution is -2.40. The first-order valence-corrected chi connectivity index (χ1v) is 24.8. The van der Waals surface area contributed by atoms with Crippen LogP contribution in [-0.2, 0) is 19.1 Å². The molecule has 0 aliphatic carbocycles. The molecule has 2 atom stereocenters. The van der Waals surface area contributed by atoms with Crippen LogP contribution in [0.4, 0.5) is 0 Å². The van der Waals surface area contributed by atoms with Crippen molar-refractivity contribution in [2.45, 2.75) is 264 Å². The molecule has 0 saturated carbocycles. The average molecular weight is 815 g/mol. The first kappa shape index (κ1) is 55.6. The number of hydrogen-bond donors (Lipinski definition) is 3. The van der Waals surface area contributed by atoms with Gasteiger partial charge in [0.1, 0.15) is 12.1 Å². The molecular weight excluding hydrogens is 721 g/mol. The third-order valence-electron chi connectivity index (χ3n) is 11.2. The van der Waals surface area contributed by atoms with Gasteiger partial charge in [0.15, 0.2) is 0 Å². The number of carboxylic acids is 1. The highest BCUT2D eigenvalue weighted by atomic mass is 16.5. The molecule has 0 aliphatic rings. The van der Waals surface area contributed by atoms with Crippen molar-refractivity contribution in [3.05, 3.63) is 36.5 Å². The lowest BCUT2D eigenvalue weighted by atomic mass is 10.0. The fourth-order valence-electron chi connectivity index (χ4n) is 7.44. The van der Waals surface area contributed by atoms with E-state index in [1.54, 1.807) is 0 Å². The zero-order chi connectivity index (χ0) is 42.4. The molecule has 0 spiro atoms. The Morgan fingerprint density at radius 3 is 1.45 bits per heavy atom. The van der Waals surface area contributed by atoms with Gasteiger partial charge in [0.25, 0.3) is 0 Å². The van der Waals surface area contributed by atoms with Crippen LogP contribution in [-0.4, -0.2) is 41.6 Å². The number of ether oxygens (including phenoxy) is 1. The fourth-order valence-corrected chi connectivity index (χ4v) is 7.44. The molecule has 7 nitrogen and oxygen atoms in total. The first-order chi connectivity index (χ1) is 28.4. The Bertz CT molecular complexity index is 1010. The number of amides is 1. The van der Waals surface area contributed by atoms with Crippen LogP contribution in [0.15, 0.2) is 36.5 Å². The van der Waals surface area contributed by atoms with Crippen LogP contribution in [0.25, 0.3) is 0 Å². The number of rotatable bonds is 45. The van der Waals surface area contributed by atoms with E-state index in [1.807, 2.05) is 0 Å². The molecule has 0 fully saturated rings. The van der Waals surface area contributed by atoms with Gasteiger partial charge in [0.05, 0.1) is 0 Å². The Morgan fingerprint density at radius 2 is 0.948 bits per heavy atom. The van der Waals surface area contributed by atoms with E-state index in [0.29, 0.717) is 32.2 Å². The summed E-state index contributed by atoms with van der Waals surface area (Å²) in [6, 6.07) is -0.866. The van der Waals surface area contributed by atoms with Gasteiger partial charge in [-0.1, -0.05) is 205 Å². The summed E-state index contributed by atoms with van der Waals surface area (Å²) in [5, 5.41) is 11.9. The van der Waals surface area contributed by atoms with Gasteiger partial charge in [-0.25, -0.2) is 4.79 Å². The van der Waals surface area contributed by atoms with E-state index in [1.165, 1.54) is 141 Å². The number of carbonyl (C=O) groups excluding carboxylic acids is 2. The second kappa shape index (κ2) is 45.7. The number of nitrogens with one attached hydrogen (secondary N) is 1. The van der Waals surface area contributed by atoms with Gasteiger partial charge < -0.3 is 20.9 Å². The van der Waals surface area contributed by atoms with Crippen molar-refractivity contribution < 1.29 is 24.2 Å². The lowest BCUT2D eigenvalue weighted by molar-refractivity contribution is -0.147. The normalized spacial score (nSPS) is 12.9. The van der Waals surface area contributed by atoms with Crippen molar-refractivity contribution in [1.29, 1.82) is 0 Å². The van der Waals surface area contributed by atoms with E-state index >= 15 is 0 Å². The summed E-state index contributed by atoms with van der Waals surface area (Å²) in [6.07, 6.45) is 55.1. The molecule has 0 bridgehead atoms. The minimum absolute atomic E-state index is 0.0895. The highest BCUT2D eigenvalue weighted by Crippen LogP contribution is 2.17. The van der Waals surface area contributed by atoms with E-state index in [9.17, 15) is 19.5 Å². The molecule has 0 heterocycles. The standard InChI is InChI=1S/C51H94N2O5/c1-3-5-7-9-11-13-15-16-17-18-19-20-21-22-23-24-26-28-30-35-39-45-50(55)58-47(41-36-32-29-27-25-14-12-10-8-6-4-2)42-37-33-31-34-38-44-49(54)53-48(51(56)57)43-40-46-52/h12,14,27,29,36,41,47-48H,3-11,13,15-26,28,30-35,37-40,42-46,52H2,1-2H3,(H,53,54)(H,56,57)/b14-12-,29-27-,41-36-. The van der Waals surface area contributed by atoms with Crippen molar-refractivity contribution in [3.63, 3.8) is 0 Å². The SMILES string of the molecule is CCCCC/C=C\C/C=C\C/C=C\C(CCCCCCCC(=O)NC(CCCN)C(=O)O)OC(=O)CCCCCCCCCCCCCCCCCCCCCCC. The Hall–Kier alpha value is -2.41. The summed E-state index contributed by atoms with van der Waals surface area (Å²) >= 11 is 0. The number of unbranched alkanes of at least 4 members (excludes halogenated alkanes) is 27. The fraction of sp³-hybridized carbons (Fsp3) is 0.824. The third kappa shape index (κ3) is 41.7. The zero-order valence-electron chi connectivity index (χ0n) is 38.1. The second-order valence-electron chi connectivity index (χ2n) is 16.9. The van der Waals surface area contributed by atoms with Gasteiger partial charge in [-0.05, 0) is 76.8 Å². The number of aliphatic carboxylic acids is 1. The molecule has 4 N–H and O–H groups in total. The predicted molar refractivity (Wildman–Crippen MR) is 248 cm³/mol. The first-order valence-electron chi connectivity index (χ1n) is 24.8. The summed E-state index contributed by atoms with van der Waals surface area (Å²) in [4.78, 5) is 36.4. The molecule has 1 amide bonds. The minimum Gasteiger partial charge on any atom is -0.480 e. The Balaban J connectivity index is 4.24. The Morgan fingerprint density at radius 1 is 0.517 bits per heavy atom. The monoisotopic (exact) mass is 815 g/mol. The number of hydrogen-bond acceptors (Lipinski definition) is 5. The van der Waals surface area contributed by atoms with Crippen LogP contribution in [0, 0.1) is 0 Å². The summed E-state index contributed by atoms with van der Waals surface area (Å²) in [7, 11) is 0. The van der Waals surface area contributed by atoms with Crippen molar-refractivity contribution in [2.75, 3.05) is 6.54 Å². The molecule has 0 aliphatic heterocycles. The topological polar surface area (TPSA) is 119 Å². The molecule has 0 saturated heterocycles. The van der Waals surface area contributed by atoms with Gasteiger partial charge in [-0.2, -0.15) is 0 Å². The highest BCUT2D eigenvalue weighted by Gasteiger charge is 2.19. The zero-order valence-corrected chi connectivity index (χ0v) is 38.1. The van der Waals surface area contributed by atoms with Crippen molar-refractivity contribution in [2.24, 2.45) is 5.73 Å². The predicted octanol–water partition coefficient (Wildman–Crippen LogP) is 14.6. The van der Waals surface area contributed by atoms with Crippen molar-refractivity contribution in [1.82, 2.24) is 5.32 Å². The van der Waals surface area contributed by atoms with Crippen molar-refractivity contribution >= 4 is 17.8 Å². The molecular formula is C51H94N2O5. The molecule has 58 heavy (non-hydrogen) atoms. The van der Waals surface area contributed by atoms with Gasteiger partial charge in [-0.15, -0.1) is 0 Å². The molecule has 0 aromatic carbocycles. The van der Waals surface area contributed by atoms with E-state index in [4.69, 9.17) is 10.5 Å². The number of carbonyl (C=O) groups is 3. The van der Waals surface area contributed by atoms with Crippen LogP contribution in [0.5, 0.6) is 0 Å². The third-order valence-corrected chi connectivity index (χ3v) is 11.2. The largest absolute Gasteiger partial charge is 0.480 e. The molecule has 0 rings (SSSR count). The van der Waals surface area contributed by atoms with Gasteiger partial charge in [0, 0.05) is 12.8 Å². The maximum Gasteiger partial charge on any atom is 0.326 e. The molecule has 0 radical (unpaired) electrons. The van der Waals surface area contributed by atoms with Crippen LogP contribution in [0.1, 0.15) is 251 Å². The van der Waals surface area contributed by atoms with Crippen LogP contribution >= 0.6 is 0 Å². The summed E-state index contributed by atoms with van der Waals surface area (Å²) < 4.78 is 5.96. The molecule has 7 heteroatoms. The molecule has 2 unspecified atom stereocenters. The van der Waals surface area contributed by atoms with Crippen LogP contribution in [0.2, 0.25) is 0 Å². The number of nitrogens with two attached hydrogens (primary N) is 1.